The molecule has 5 rings (SSSR count). The highest BCUT2D eigenvalue weighted by Crippen LogP contribution is 2.44. The van der Waals surface area contributed by atoms with Crippen molar-refractivity contribution in [2.24, 2.45) is 0 Å². The van der Waals surface area contributed by atoms with E-state index in [1.807, 2.05) is 24.3 Å². The van der Waals surface area contributed by atoms with Gasteiger partial charge in [0.1, 0.15) is 12.1 Å². The largest absolute Gasteiger partial charge is 0.478 e. The molecule has 3 aromatic rings. The number of aliphatic carboxylic acids is 1. The van der Waals surface area contributed by atoms with Gasteiger partial charge < -0.3 is 20.5 Å². The number of carbonyl (C=O) groups excluding carboxylic acids is 2. The number of carbonyl (C=O) groups is 3. The highest BCUT2D eigenvalue weighted by atomic mass is 16.5. The van der Waals surface area contributed by atoms with Crippen LogP contribution in [0.1, 0.15) is 35.4 Å². The zero-order valence-electron chi connectivity index (χ0n) is 18.9. The second-order valence-corrected chi connectivity index (χ2v) is 8.78. The van der Waals surface area contributed by atoms with Gasteiger partial charge in [-0.2, -0.15) is 0 Å². The summed E-state index contributed by atoms with van der Waals surface area (Å²) in [5, 5.41) is 14.3. The van der Waals surface area contributed by atoms with Crippen LogP contribution in [0.4, 0.5) is 10.5 Å². The molecule has 3 N–H and O–H groups in total. The Morgan fingerprint density at radius 1 is 0.914 bits per heavy atom. The molecule has 0 radical (unpaired) electrons. The van der Waals surface area contributed by atoms with E-state index in [9.17, 15) is 14.4 Å². The highest BCUT2D eigenvalue weighted by molar-refractivity contribution is 6.02. The van der Waals surface area contributed by atoms with Crippen LogP contribution in [-0.2, 0) is 14.3 Å². The fourth-order valence-corrected chi connectivity index (χ4v) is 4.46. The van der Waals surface area contributed by atoms with Gasteiger partial charge in [0.2, 0.25) is 5.91 Å². The first-order chi connectivity index (χ1) is 16.9. The zero-order chi connectivity index (χ0) is 24.4. The second-order valence-electron chi connectivity index (χ2n) is 8.78. The lowest BCUT2D eigenvalue weighted by molar-refractivity contribution is -0.131. The lowest BCUT2D eigenvalue weighted by atomic mass is 9.98. The molecule has 0 bridgehead atoms. The van der Waals surface area contributed by atoms with Crippen molar-refractivity contribution in [2.75, 3.05) is 11.9 Å². The molecule has 3 aromatic carbocycles. The van der Waals surface area contributed by atoms with Gasteiger partial charge in [0.25, 0.3) is 0 Å². The van der Waals surface area contributed by atoms with Crippen molar-refractivity contribution in [3.63, 3.8) is 0 Å². The molecule has 0 heterocycles. The van der Waals surface area contributed by atoms with Gasteiger partial charge in [-0.05, 0) is 58.9 Å². The molecule has 0 saturated heterocycles. The molecule has 2 amide bonds. The average molecular weight is 469 g/mol. The molecular formula is C28H24N2O5. The van der Waals surface area contributed by atoms with Gasteiger partial charge in [-0.15, -0.1) is 0 Å². The Bertz CT molecular complexity index is 1280. The molecular weight excluding hydrogens is 444 g/mol. The van der Waals surface area contributed by atoms with Gasteiger partial charge >= 0.3 is 12.1 Å². The molecule has 7 nitrogen and oxygen atoms in total. The fraction of sp³-hybridized carbons (Fsp3) is 0.179. The summed E-state index contributed by atoms with van der Waals surface area (Å²) < 4.78 is 5.59. The molecule has 176 valence electrons. The number of hydrogen-bond acceptors (Lipinski definition) is 4. The Kier molecular flexibility index (Phi) is 5.82. The summed E-state index contributed by atoms with van der Waals surface area (Å²) in [6, 6.07) is 23.0. The Morgan fingerprint density at radius 2 is 1.51 bits per heavy atom. The van der Waals surface area contributed by atoms with E-state index in [1.165, 1.54) is 6.08 Å². The van der Waals surface area contributed by atoms with E-state index < -0.39 is 17.6 Å². The molecule has 2 aliphatic rings. The number of rotatable bonds is 7. The quantitative estimate of drug-likeness (QED) is 0.432. The number of anilines is 1. The van der Waals surface area contributed by atoms with Crippen molar-refractivity contribution in [1.82, 2.24) is 5.32 Å². The molecule has 35 heavy (non-hydrogen) atoms. The van der Waals surface area contributed by atoms with Crippen LogP contribution < -0.4 is 10.6 Å². The third kappa shape index (κ3) is 4.66. The Labute approximate surface area is 202 Å². The fourth-order valence-electron chi connectivity index (χ4n) is 4.46. The molecule has 2 aliphatic carbocycles. The predicted octanol–water partition coefficient (Wildman–Crippen LogP) is 4.79. The maximum Gasteiger partial charge on any atom is 0.408 e. The third-order valence-electron chi connectivity index (χ3n) is 6.46. The molecule has 0 atom stereocenters. The molecule has 0 aliphatic heterocycles. The minimum Gasteiger partial charge on any atom is -0.478 e. The van der Waals surface area contributed by atoms with Gasteiger partial charge in [0.15, 0.2) is 0 Å². The van der Waals surface area contributed by atoms with Crippen molar-refractivity contribution in [3.05, 3.63) is 95.6 Å². The minimum absolute atomic E-state index is 0.0502. The molecule has 1 saturated carbocycles. The lowest BCUT2D eigenvalue weighted by Gasteiger charge is -2.19. The van der Waals surface area contributed by atoms with E-state index in [-0.39, 0.29) is 18.4 Å². The Balaban J connectivity index is 1.19. The third-order valence-corrected chi connectivity index (χ3v) is 6.46. The molecule has 7 heteroatoms. The molecule has 1 fully saturated rings. The van der Waals surface area contributed by atoms with Crippen LogP contribution in [0.3, 0.4) is 0 Å². The van der Waals surface area contributed by atoms with E-state index in [0.717, 1.165) is 28.3 Å². The number of carboxylic acids is 1. The predicted molar refractivity (Wildman–Crippen MR) is 132 cm³/mol. The van der Waals surface area contributed by atoms with Crippen LogP contribution in [-0.4, -0.2) is 35.2 Å². The number of fused-ring (bicyclic) bond motifs is 3. The summed E-state index contributed by atoms with van der Waals surface area (Å²) >= 11 is 0. The monoisotopic (exact) mass is 468 g/mol. The Morgan fingerprint density at radius 3 is 2.09 bits per heavy atom. The van der Waals surface area contributed by atoms with Crippen LogP contribution in [0.2, 0.25) is 0 Å². The summed E-state index contributed by atoms with van der Waals surface area (Å²) in [6.07, 6.45) is 2.96. The first-order valence-corrected chi connectivity index (χ1v) is 11.4. The average Bonchev–Trinajstić information content (AvgIpc) is 3.58. The number of carboxylic acid groups (broad SMARTS) is 1. The maximum absolute atomic E-state index is 12.8. The normalized spacial score (nSPS) is 15.2. The summed E-state index contributed by atoms with van der Waals surface area (Å²) in [7, 11) is 0. The van der Waals surface area contributed by atoms with Crippen molar-refractivity contribution >= 4 is 29.7 Å². The molecule has 0 spiro atoms. The van der Waals surface area contributed by atoms with Gasteiger partial charge in [0, 0.05) is 17.7 Å². The van der Waals surface area contributed by atoms with E-state index in [2.05, 4.69) is 34.9 Å². The van der Waals surface area contributed by atoms with Crippen LogP contribution in [0.5, 0.6) is 0 Å². The van der Waals surface area contributed by atoms with E-state index >= 15 is 0 Å². The lowest BCUT2D eigenvalue weighted by Crippen LogP contribution is -2.46. The van der Waals surface area contributed by atoms with Crippen molar-refractivity contribution in [2.45, 2.75) is 24.3 Å². The standard InChI is InChI=1S/C28H24N2O5/c31-25(32)14-11-18-9-12-19(13-10-18)29-26(33)28(15-16-28)30-27(34)35-17-24-22-7-3-1-5-20(22)21-6-2-4-8-23(21)24/h1-14,24H,15-17H2,(H,29,33)(H,30,34)(H,31,32)/b14-11+. The maximum atomic E-state index is 12.8. The molecule has 0 unspecified atom stereocenters. The number of hydrogen-bond donors (Lipinski definition) is 3. The van der Waals surface area contributed by atoms with E-state index in [1.54, 1.807) is 24.3 Å². The number of benzene rings is 3. The summed E-state index contributed by atoms with van der Waals surface area (Å²) in [5.74, 6) is -1.39. The van der Waals surface area contributed by atoms with Crippen LogP contribution >= 0.6 is 0 Å². The zero-order valence-corrected chi connectivity index (χ0v) is 18.9. The summed E-state index contributed by atoms with van der Waals surface area (Å²) in [6.45, 7) is 0.183. The molecule has 0 aromatic heterocycles. The summed E-state index contributed by atoms with van der Waals surface area (Å²) in [4.78, 5) is 36.1. The number of ether oxygens (including phenoxy) is 1. The number of amides is 2. The van der Waals surface area contributed by atoms with Gasteiger partial charge in [-0.25, -0.2) is 9.59 Å². The Hall–Kier alpha value is -4.39. The number of alkyl carbamates (subject to hydrolysis) is 1. The number of nitrogens with one attached hydrogen (secondary N) is 2. The van der Waals surface area contributed by atoms with Gasteiger partial charge in [0.05, 0.1) is 0 Å². The topological polar surface area (TPSA) is 105 Å². The first-order valence-electron chi connectivity index (χ1n) is 11.4. The van der Waals surface area contributed by atoms with Crippen molar-refractivity contribution in [3.8, 4) is 11.1 Å². The summed E-state index contributed by atoms with van der Waals surface area (Å²) in [5.41, 5.74) is 4.83. The van der Waals surface area contributed by atoms with Gasteiger partial charge in [-0.1, -0.05) is 60.7 Å². The van der Waals surface area contributed by atoms with E-state index in [4.69, 9.17) is 9.84 Å². The van der Waals surface area contributed by atoms with Gasteiger partial charge in [-0.3, -0.25) is 4.79 Å². The van der Waals surface area contributed by atoms with E-state index in [0.29, 0.717) is 24.1 Å². The van der Waals surface area contributed by atoms with Crippen LogP contribution in [0, 0.1) is 0 Å². The first kappa shape index (κ1) is 22.4. The van der Waals surface area contributed by atoms with Crippen molar-refractivity contribution < 1.29 is 24.2 Å². The second kappa shape index (κ2) is 9.10. The van der Waals surface area contributed by atoms with Crippen LogP contribution in [0.15, 0.2) is 78.9 Å². The highest BCUT2D eigenvalue weighted by Gasteiger charge is 2.51. The van der Waals surface area contributed by atoms with Crippen LogP contribution in [0.25, 0.3) is 17.2 Å². The SMILES string of the molecule is O=C(O)/C=C/c1ccc(NC(=O)C2(NC(=O)OCC3c4ccccc4-c4ccccc43)CC2)cc1. The minimum atomic E-state index is -1.03. The van der Waals surface area contributed by atoms with Crippen molar-refractivity contribution in [1.29, 1.82) is 0 Å². The smallest absolute Gasteiger partial charge is 0.408 e.